The van der Waals surface area contributed by atoms with Crippen LogP contribution >= 0.6 is 0 Å². The zero-order chi connectivity index (χ0) is 14.9. The van der Waals surface area contributed by atoms with Crippen LogP contribution in [-0.2, 0) is 0 Å². The van der Waals surface area contributed by atoms with Gasteiger partial charge in [0.25, 0.3) is 0 Å². The quantitative estimate of drug-likeness (QED) is 0.742. The van der Waals surface area contributed by atoms with E-state index in [0.29, 0.717) is 12.6 Å². The number of aliphatic hydroxyl groups excluding tert-OH is 2. The van der Waals surface area contributed by atoms with Crippen molar-refractivity contribution in [2.24, 2.45) is 0 Å². The maximum absolute atomic E-state index is 9.11. The standard InChI is InChI=1S/C17H23NO3/c19-12-2-3-15-6-8-17(9-7-15)21-14-11-18(10-13-20)16-4-1-5-16/h6-9,16,19-20H,1,4-5,10-14H2. The van der Waals surface area contributed by atoms with Gasteiger partial charge in [0, 0.05) is 24.7 Å². The summed E-state index contributed by atoms with van der Waals surface area (Å²) in [6.07, 6.45) is 3.76. The summed E-state index contributed by atoms with van der Waals surface area (Å²) in [5.41, 5.74) is 0.868. The molecule has 1 fully saturated rings. The Labute approximate surface area is 126 Å². The predicted molar refractivity (Wildman–Crippen MR) is 82.2 cm³/mol. The van der Waals surface area contributed by atoms with E-state index in [0.717, 1.165) is 24.4 Å². The van der Waals surface area contributed by atoms with Gasteiger partial charge in [0.2, 0.25) is 0 Å². The van der Waals surface area contributed by atoms with E-state index >= 15 is 0 Å². The summed E-state index contributed by atoms with van der Waals surface area (Å²) in [7, 11) is 0. The van der Waals surface area contributed by atoms with Gasteiger partial charge >= 0.3 is 0 Å². The molecule has 0 aliphatic heterocycles. The summed E-state index contributed by atoms with van der Waals surface area (Å²) in [6.45, 7) is 2.27. The first-order chi connectivity index (χ1) is 10.3. The highest BCUT2D eigenvalue weighted by Crippen LogP contribution is 2.24. The number of hydrogen-bond donors (Lipinski definition) is 2. The van der Waals surface area contributed by atoms with Gasteiger partial charge in [-0.05, 0) is 37.1 Å². The molecule has 4 nitrogen and oxygen atoms in total. The Morgan fingerprint density at radius 3 is 2.48 bits per heavy atom. The van der Waals surface area contributed by atoms with Crippen LogP contribution in [0.15, 0.2) is 24.3 Å². The summed E-state index contributed by atoms with van der Waals surface area (Å²) in [5, 5.41) is 17.8. The van der Waals surface area contributed by atoms with Gasteiger partial charge in [0.05, 0.1) is 6.61 Å². The Hall–Kier alpha value is -1.54. The SMILES string of the molecule is OCC#Cc1ccc(OCCN(CCO)C2CCC2)cc1. The van der Waals surface area contributed by atoms with Crippen LogP contribution < -0.4 is 4.74 Å². The first-order valence-electron chi connectivity index (χ1n) is 7.51. The van der Waals surface area contributed by atoms with Crippen LogP contribution in [0.25, 0.3) is 0 Å². The van der Waals surface area contributed by atoms with Gasteiger partial charge in [0.15, 0.2) is 0 Å². The molecule has 1 aromatic rings. The summed E-state index contributed by atoms with van der Waals surface area (Å²) in [4.78, 5) is 2.31. The molecule has 0 unspecified atom stereocenters. The van der Waals surface area contributed by atoms with Gasteiger partial charge in [0.1, 0.15) is 19.0 Å². The van der Waals surface area contributed by atoms with Crippen LogP contribution in [0.3, 0.4) is 0 Å². The lowest BCUT2D eigenvalue weighted by Crippen LogP contribution is -2.43. The molecule has 0 heterocycles. The van der Waals surface area contributed by atoms with Crippen LogP contribution in [-0.4, -0.2) is 54.1 Å². The maximum Gasteiger partial charge on any atom is 0.119 e. The third kappa shape index (κ3) is 5.05. The lowest BCUT2D eigenvalue weighted by atomic mass is 9.91. The van der Waals surface area contributed by atoms with E-state index in [4.69, 9.17) is 14.9 Å². The average molecular weight is 289 g/mol. The molecule has 0 saturated heterocycles. The molecule has 0 bridgehead atoms. The van der Waals surface area contributed by atoms with Crippen LogP contribution in [0.1, 0.15) is 24.8 Å². The number of ether oxygens (including phenoxy) is 1. The van der Waals surface area contributed by atoms with Crippen molar-refractivity contribution in [1.82, 2.24) is 4.90 Å². The summed E-state index contributed by atoms with van der Waals surface area (Å²) in [6, 6.07) is 8.17. The molecule has 2 rings (SSSR count). The first kappa shape index (κ1) is 15.8. The van der Waals surface area contributed by atoms with E-state index in [1.165, 1.54) is 19.3 Å². The minimum Gasteiger partial charge on any atom is -0.492 e. The van der Waals surface area contributed by atoms with Gasteiger partial charge in [-0.1, -0.05) is 18.3 Å². The van der Waals surface area contributed by atoms with Crippen molar-refractivity contribution in [3.05, 3.63) is 29.8 Å². The second-order valence-electron chi connectivity index (χ2n) is 5.18. The average Bonchev–Trinajstić information content (AvgIpc) is 2.45. The zero-order valence-corrected chi connectivity index (χ0v) is 12.3. The monoisotopic (exact) mass is 289 g/mol. The number of rotatable bonds is 7. The van der Waals surface area contributed by atoms with Crippen LogP contribution in [0.5, 0.6) is 5.75 Å². The Morgan fingerprint density at radius 1 is 1.14 bits per heavy atom. The van der Waals surface area contributed by atoms with E-state index in [2.05, 4.69) is 16.7 Å². The van der Waals surface area contributed by atoms with Gasteiger partial charge in [-0.3, -0.25) is 4.90 Å². The fraction of sp³-hybridized carbons (Fsp3) is 0.529. The second kappa shape index (κ2) is 8.68. The van der Waals surface area contributed by atoms with Gasteiger partial charge in [-0.2, -0.15) is 0 Å². The van der Waals surface area contributed by atoms with E-state index in [9.17, 15) is 0 Å². The number of nitrogens with zero attached hydrogens (tertiary/aromatic N) is 1. The molecule has 0 amide bonds. The van der Waals surface area contributed by atoms with Crippen molar-refractivity contribution in [1.29, 1.82) is 0 Å². The third-order valence-corrected chi connectivity index (χ3v) is 3.79. The highest BCUT2D eigenvalue weighted by Gasteiger charge is 2.24. The van der Waals surface area contributed by atoms with Crippen molar-refractivity contribution in [3.8, 4) is 17.6 Å². The Bertz CT molecular complexity index is 471. The molecule has 1 aliphatic rings. The molecule has 1 saturated carbocycles. The smallest absolute Gasteiger partial charge is 0.119 e. The Kier molecular flexibility index (Phi) is 6.55. The van der Waals surface area contributed by atoms with Crippen molar-refractivity contribution in [2.45, 2.75) is 25.3 Å². The normalized spacial score (nSPS) is 14.4. The zero-order valence-electron chi connectivity index (χ0n) is 12.3. The van der Waals surface area contributed by atoms with Gasteiger partial charge < -0.3 is 14.9 Å². The minimum atomic E-state index is -0.125. The molecule has 21 heavy (non-hydrogen) atoms. The Morgan fingerprint density at radius 2 is 1.90 bits per heavy atom. The van der Waals surface area contributed by atoms with Crippen molar-refractivity contribution in [3.63, 3.8) is 0 Å². The van der Waals surface area contributed by atoms with Gasteiger partial charge in [-0.15, -0.1) is 0 Å². The molecule has 0 aromatic heterocycles. The van der Waals surface area contributed by atoms with E-state index in [1.807, 2.05) is 24.3 Å². The Balaban J connectivity index is 1.76. The maximum atomic E-state index is 9.11. The van der Waals surface area contributed by atoms with Crippen LogP contribution in [0.2, 0.25) is 0 Å². The molecule has 0 atom stereocenters. The molecule has 4 heteroatoms. The fourth-order valence-corrected chi connectivity index (χ4v) is 2.41. The molecule has 0 spiro atoms. The lowest BCUT2D eigenvalue weighted by molar-refractivity contribution is 0.0860. The highest BCUT2D eigenvalue weighted by atomic mass is 16.5. The third-order valence-electron chi connectivity index (χ3n) is 3.79. The molecule has 1 aromatic carbocycles. The molecule has 0 radical (unpaired) electrons. The topological polar surface area (TPSA) is 52.9 Å². The summed E-state index contributed by atoms with van der Waals surface area (Å²) >= 11 is 0. The molecule has 2 N–H and O–H groups in total. The molecule has 1 aliphatic carbocycles. The van der Waals surface area contributed by atoms with Crippen molar-refractivity contribution in [2.75, 3.05) is 32.9 Å². The lowest BCUT2D eigenvalue weighted by Gasteiger charge is -2.37. The highest BCUT2D eigenvalue weighted by molar-refractivity contribution is 5.38. The molecule has 114 valence electrons. The molecular formula is C17H23NO3. The first-order valence-corrected chi connectivity index (χ1v) is 7.51. The number of benzene rings is 1. The van der Waals surface area contributed by atoms with E-state index in [-0.39, 0.29) is 13.2 Å². The fourth-order valence-electron chi connectivity index (χ4n) is 2.41. The van der Waals surface area contributed by atoms with Crippen molar-refractivity contribution < 1.29 is 14.9 Å². The van der Waals surface area contributed by atoms with Crippen molar-refractivity contribution >= 4 is 0 Å². The van der Waals surface area contributed by atoms with Gasteiger partial charge in [-0.25, -0.2) is 0 Å². The predicted octanol–water partition coefficient (Wildman–Crippen LogP) is 1.26. The number of hydrogen-bond acceptors (Lipinski definition) is 4. The second-order valence-corrected chi connectivity index (χ2v) is 5.18. The van der Waals surface area contributed by atoms with Crippen LogP contribution in [0.4, 0.5) is 0 Å². The largest absolute Gasteiger partial charge is 0.492 e. The summed E-state index contributed by atoms with van der Waals surface area (Å²) in [5.74, 6) is 6.29. The van der Waals surface area contributed by atoms with E-state index < -0.39 is 0 Å². The molecular weight excluding hydrogens is 266 g/mol. The minimum absolute atomic E-state index is 0.125. The van der Waals surface area contributed by atoms with E-state index in [1.54, 1.807) is 0 Å². The van der Waals surface area contributed by atoms with Crippen LogP contribution in [0, 0.1) is 11.8 Å². The summed E-state index contributed by atoms with van der Waals surface area (Å²) < 4.78 is 5.74. The number of aliphatic hydroxyl groups is 2.